The third kappa shape index (κ3) is 2.61. The van der Waals surface area contributed by atoms with E-state index in [1.165, 1.54) is 35.1 Å². The standard InChI is InChI=1S/C19H23NO/c1-2-3-12-20(13-14-21)19-17-10-6-4-8-15(17)16-9-5-7-11-18(16)19/h4-11,19,21H,2-3,12-14H2,1H3. The van der Waals surface area contributed by atoms with Crippen molar-refractivity contribution in [3.05, 3.63) is 59.7 Å². The van der Waals surface area contributed by atoms with E-state index in [9.17, 15) is 5.11 Å². The van der Waals surface area contributed by atoms with Crippen LogP contribution in [0, 0.1) is 0 Å². The summed E-state index contributed by atoms with van der Waals surface area (Å²) in [5.74, 6) is 0. The predicted octanol–water partition coefficient (Wildman–Crippen LogP) is 3.85. The highest BCUT2D eigenvalue weighted by atomic mass is 16.3. The Morgan fingerprint density at radius 2 is 1.48 bits per heavy atom. The van der Waals surface area contributed by atoms with E-state index in [1.807, 2.05) is 0 Å². The van der Waals surface area contributed by atoms with Crippen LogP contribution in [0.4, 0.5) is 0 Å². The molecule has 0 fully saturated rings. The van der Waals surface area contributed by atoms with Gasteiger partial charge >= 0.3 is 0 Å². The SMILES string of the molecule is CCCCN(CCO)C1c2ccccc2-c2ccccc21. The zero-order valence-electron chi connectivity index (χ0n) is 12.6. The van der Waals surface area contributed by atoms with Gasteiger partial charge < -0.3 is 5.11 Å². The van der Waals surface area contributed by atoms with Crippen molar-refractivity contribution in [3.8, 4) is 11.1 Å². The molecular weight excluding hydrogens is 258 g/mol. The maximum absolute atomic E-state index is 9.45. The van der Waals surface area contributed by atoms with Crippen LogP contribution in [-0.2, 0) is 0 Å². The Balaban J connectivity index is 2.04. The lowest BCUT2D eigenvalue weighted by Crippen LogP contribution is -2.32. The van der Waals surface area contributed by atoms with E-state index in [2.05, 4.69) is 60.4 Å². The quantitative estimate of drug-likeness (QED) is 0.869. The Bertz CT molecular complexity index is 563. The molecule has 1 aliphatic rings. The van der Waals surface area contributed by atoms with Gasteiger partial charge in [-0.05, 0) is 35.2 Å². The number of unbranched alkanes of at least 4 members (excludes halogenated alkanes) is 1. The van der Waals surface area contributed by atoms with E-state index >= 15 is 0 Å². The number of hydrogen-bond donors (Lipinski definition) is 1. The molecule has 0 aliphatic heterocycles. The van der Waals surface area contributed by atoms with Crippen molar-refractivity contribution in [1.29, 1.82) is 0 Å². The van der Waals surface area contributed by atoms with Crippen LogP contribution in [0.1, 0.15) is 36.9 Å². The smallest absolute Gasteiger partial charge is 0.0614 e. The van der Waals surface area contributed by atoms with Crippen molar-refractivity contribution in [1.82, 2.24) is 4.90 Å². The van der Waals surface area contributed by atoms with Crippen LogP contribution >= 0.6 is 0 Å². The van der Waals surface area contributed by atoms with Crippen molar-refractivity contribution in [2.75, 3.05) is 19.7 Å². The van der Waals surface area contributed by atoms with Crippen LogP contribution in [0.5, 0.6) is 0 Å². The van der Waals surface area contributed by atoms with E-state index in [1.54, 1.807) is 0 Å². The van der Waals surface area contributed by atoms with Crippen molar-refractivity contribution in [3.63, 3.8) is 0 Å². The summed E-state index contributed by atoms with van der Waals surface area (Å²) < 4.78 is 0. The highest BCUT2D eigenvalue weighted by Gasteiger charge is 2.31. The summed E-state index contributed by atoms with van der Waals surface area (Å²) in [6.45, 7) is 4.19. The number of rotatable bonds is 6. The Morgan fingerprint density at radius 3 is 2.00 bits per heavy atom. The number of benzene rings is 2. The Labute approximate surface area is 127 Å². The molecule has 2 aromatic carbocycles. The molecule has 0 saturated carbocycles. The molecule has 0 spiro atoms. The maximum Gasteiger partial charge on any atom is 0.0614 e. The molecule has 0 saturated heterocycles. The lowest BCUT2D eigenvalue weighted by molar-refractivity contribution is 0.167. The maximum atomic E-state index is 9.45. The average Bonchev–Trinajstić information content (AvgIpc) is 2.86. The van der Waals surface area contributed by atoms with E-state index < -0.39 is 0 Å². The average molecular weight is 281 g/mol. The highest BCUT2D eigenvalue weighted by Crippen LogP contribution is 2.46. The van der Waals surface area contributed by atoms with Crippen molar-refractivity contribution in [2.45, 2.75) is 25.8 Å². The summed E-state index contributed by atoms with van der Waals surface area (Å²) in [5, 5.41) is 9.45. The molecule has 2 aromatic rings. The molecule has 0 unspecified atom stereocenters. The molecule has 0 radical (unpaired) electrons. The summed E-state index contributed by atoms with van der Waals surface area (Å²) in [5.41, 5.74) is 5.45. The van der Waals surface area contributed by atoms with E-state index in [0.717, 1.165) is 13.1 Å². The minimum atomic E-state index is 0.213. The van der Waals surface area contributed by atoms with Crippen LogP contribution in [0.25, 0.3) is 11.1 Å². The first kappa shape index (κ1) is 14.3. The second kappa shape index (κ2) is 6.42. The van der Waals surface area contributed by atoms with Crippen molar-refractivity contribution in [2.24, 2.45) is 0 Å². The molecule has 1 N–H and O–H groups in total. The van der Waals surface area contributed by atoms with Gasteiger partial charge in [0.1, 0.15) is 0 Å². The number of hydrogen-bond acceptors (Lipinski definition) is 2. The summed E-state index contributed by atoms with van der Waals surface area (Å²) >= 11 is 0. The summed E-state index contributed by atoms with van der Waals surface area (Å²) in [4.78, 5) is 2.42. The molecule has 0 bridgehead atoms. The lowest BCUT2D eigenvalue weighted by Gasteiger charge is -2.29. The van der Waals surface area contributed by atoms with Gasteiger partial charge in [0.25, 0.3) is 0 Å². The molecular formula is C19H23NO. The fourth-order valence-corrected chi connectivity index (χ4v) is 3.38. The van der Waals surface area contributed by atoms with Gasteiger partial charge in [0.2, 0.25) is 0 Å². The van der Waals surface area contributed by atoms with Crippen LogP contribution in [0.3, 0.4) is 0 Å². The second-order valence-electron chi connectivity index (χ2n) is 5.69. The molecule has 2 heteroatoms. The molecule has 2 nitrogen and oxygen atoms in total. The minimum Gasteiger partial charge on any atom is -0.395 e. The molecule has 21 heavy (non-hydrogen) atoms. The van der Waals surface area contributed by atoms with Crippen molar-refractivity contribution >= 4 is 0 Å². The highest BCUT2D eigenvalue weighted by molar-refractivity contribution is 5.78. The van der Waals surface area contributed by atoms with Crippen LogP contribution in [-0.4, -0.2) is 29.7 Å². The largest absolute Gasteiger partial charge is 0.395 e. The van der Waals surface area contributed by atoms with E-state index in [0.29, 0.717) is 0 Å². The van der Waals surface area contributed by atoms with E-state index in [4.69, 9.17) is 0 Å². The summed E-state index contributed by atoms with van der Waals surface area (Å²) in [6, 6.07) is 17.6. The fraction of sp³-hybridized carbons (Fsp3) is 0.368. The van der Waals surface area contributed by atoms with Gasteiger partial charge in [0.05, 0.1) is 12.6 Å². The van der Waals surface area contributed by atoms with Gasteiger partial charge in [0.15, 0.2) is 0 Å². The number of nitrogens with zero attached hydrogens (tertiary/aromatic N) is 1. The van der Waals surface area contributed by atoms with Crippen LogP contribution in [0.2, 0.25) is 0 Å². The third-order valence-corrected chi connectivity index (χ3v) is 4.35. The third-order valence-electron chi connectivity index (χ3n) is 4.35. The molecule has 0 amide bonds. The lowest BCUT2D eigenvalue weighted by atomic mass is 10.0. The monoisotopic (exact) mass is 281 g/mol. The molecule has 0 aromatic heterocycles. The number of fused-ring (bicyclic) bond motifs is 3. The van der Waals surface area contributed by atoms with Crippen LogP contribution in [0.15, 0.2) is 48.5 Å². The zero-order chi connectivity index (χ0) is 14.7. The molecule has 110 valence electrons. The van der Waals surface area contributed by atoms with Crippen LogP contribution < -0.4 is 0 Å². The normalized spacial score (nSPS) is 13.5. The topological polar surface area (TPSA) is 23.5 Å². The van der Waals surface area contributed by atoms with Gasteiger partial charge in [-0.3, -0.25) is 4.90 Å². The van der Waals surface area contributed by atoms with Gasteiger partial charge in [-0.15, -0.1) is 0 Å². The Kier molecular flexibility index (Phi) is 4.37. The molecule has 0 heterocycles. The number of aliphatic hydroxyl groups is 1. The second-order valence-corrected chi connectivity index (χ2v) is 5.69. The molecule has 1 aliphatic carbocycles. The predicted molar refractivity (Wildman–Crippen MR) is 87.3 cm³/mol. The minimum absolute atomic E-state index is 0.213. The van der Waals surface area contributed by atoms with Gasteiger partial charge in [-0.25, -0.2) is 0 Å². The van der Waals surface area contributed by atoms with Gasteiger partial charge in [-0.2, -0.15) is 0 Å². The fourth-order valence-electron chi connectivity index (χ4n) is 3.38. The van der Waals surface area contributed by atoms with Gasteiger partial charge in [0, 0.05) is 6.54 Å². The Morgan fingerprint density at radius 1 is 0.905 bits per heavy atom. The summed E-state index contributed by atoms with van der Waals surface area (Å²) in [6.07, 6.45) is 2.35. The Hall–Kier alpha value is -1.64. The molecule has 3 rings (SSSR count). The number of aliphatic hydroxyl groups excluding tert-OH is 1. The first-order valence-electron chi connectivity index (χ1n) is 7.90. The molecule has 0 atom stereocenters. The first-order valence-corrected chi connectivity index (χ1v) is 7.90. The summed E-state index contributed by atoms with van der Waals surface area (Å²) in [7, 11) is 0. The van der Waals surface area contributed by atoms with E-state index in [-0.39, 0.29) is 12.6 Å². The zero-order valence-corrected chi connectivity index (χ0v) is 12.6. The first-order chi connectivity index (χ1) is 10.4. The van der Waals surface area contributed by atoms with Crippen molar-refractivity contribution < 1.29 is 5.11 Å². The van der Waals surface area contributed by atoms with Gasteiger partial charge in [-0.1, -0.05) is 61.9 Å².